The Morgan fingerprint density at radius 1 is 1.60 bits per heavy atom. The van der Waals surface area contributed by atoms with Crippen LogP contribution in [0.25, 0.3) is 0 Å². The van der Waals surface area contributed by atoms with Gasteiger partial charge >= 0.3 is 0 Å². The number of halogens is 1. The van der Waals surface area contributed by atoms with Crippen molar-refractivity contribution in [2.75, 3.05) is 12.4 Å². The molecule has 3 N–H and O–H groups in total. The van der Waals surface area contributed by atoms with Crippen LogP contribution < -0.4 is 5.73 Å². The predicted octanol–water partition coefficient (Wildman–Crippen LogP) is 1.72. The van der Waals surface area contributed by atoms with Crippen molar-refractivity contribution in [2.45, 2.75) is 23.3 Å². The third-order valence-electron chi connectivity index (χ3n) is 2.80. The third-order valence-corrected chi connectivity index (χ3v) is 3.96. The SMILES string of the molecule is NC(CO)C1CCSc2c(F)cccc21. The Morgan fingerprint density at radius 3 is 3.13 bits per heavy atom. The molecule has 2 rings (SSSR count). The lowest BCUT2D eigenvalue weighted by molar-refractivity contribution is 0.245. The second-order valence-corrected chi connectivity index (χ2v) is 4.85. The smallest absolute Gasteiger partial charge is 0.137 e. The highest BCUT2D eigenvalue weighted by Crippen LogP contribution is 2.39. The minimum absolute atomic E-state index is 0.0503. The van der Waals surface area contributed by atoms with E-state index in [0.29, 0.717) is 4.90 Å². The first kappa shape index (κ1) is 10.9. The summed E-state index contributed by atoms with van der Waals surface area (Å²) < 4.78 is 13.5. The quantitative estimate of drug-likeness (QED) is 0.808. The molecule has 4 heteroatoms. The van der Waals surface area contributed by atoms with Crippen LogP contribution in [0.15, 0.2) is 23.1 Å². The summed E-state index contributed by atoms with van der Waals surface area (Å²) in [4.78, 5) is 0.706. The van der Waals surface area contributed by atoms with E-state index >= 15 is 0 Å². The molecule has 0 amide bonds. The molecule has 15 heavy (non-hydrogen) atoms. The van der Waals surface area contributed by atoms with Crippen molar-refractivity contribution in [1.29, 1.82) is 0 Å². The first-order valence-corrected chi connectivity index (χ1v) is 6.00. The monoisotopic (exact) mass is 227 g/mol. The first-order chi connectivity index (χ1) is 7.24. The molecule has 82 valence electrons. The van der Waals surface area contributed by atoms with Gasteiger partial charge in [0.1, 0.15) is 5.82 Å². The van der Waals surface area contributed by atoms with E-state index in [1.54, 1.807) is 6.07 Å². The van der Waals surface area contributed by atoms with Crippen LogP contribution in [0.3, 0.4) is 0 Å². The molecule has 0 bridgehead atoms. The van der Waals surface area contributed by atoms with E-state index < -0.39 is 0 Å². The van der Waals surface area contributed by atoms with E-state index in [1.807, 2.05) is 6.07 Å². The number of benzene rings is 1. The molecule has 0 spiro atoms. The number of aliphatic hydroxyl groups is 1. The van der Waals surface area contributed by atoms with Gasteiger partial charge < -0.3 is 10.8 Å². The van der Waals surface area contributed by atoms with E-state index in [4.69, 9.17) is 10.8 Å². The highest BCUT2D eigenvalue weighted by atomic mass is 32.2. The summed E-state index contributed by atoms with van der Waals surface area (Å²) in [6.45, 7) is -0.0503. The van der Waals surface area contributed by atoms with Crippen LogP contribution in [0.5, 0.6) is 0 Å². The molecule has 2 unspecified atom stereocenters. The highest BCUT2D eigenvalue weighted by molar-refractivity contribution is 7.99. The van der Waals surface area contributed by atoms with E-state index in [0.717, 1.165) is 17.7 Å². The highest BCUT2D eigenvalue weighted by Gasteiger charge is 2.27. The Morgan fingerprint density at radius 2 is 2.40 bits per heavy atom. The van der Waals surface area contributed by atoms with E-state index in [-0.39, 0.29) is 24.4 Å². The lowest BCUT2D eigenvalue weighted by atomic mass is 9.89. The van der Waals surface area contributed by atoms with Crippen molar-refractivity contribution in [2.24, 2.45) is 5.73 Å². The number of hydrogen-bond acceptors (Lipinski definition) is 3. The molecule has 1 aliphatic heterocycles. The van der Waals surface area contributed by atoms with Crippen LogP contribution >= 0.6 is 11.8 Å². The van der Waals surface area contributed by atoms with Crippen LogP contribution in [0.2, 0.25) is 0 Å². The molecule has 2 atom stereocenters. The Hall–Kier alpha value is -0.580. The van der Waals surface area contributed by atoms with Gasteiger partial charge in [0.2, 0.25) is 0 Å². The fourth-order valence-corrected chi connectivity index (χ4v) is 3.15. The summed E-state index contributed by atoms with van der Waals surface area (Å²) in [5.74, 6) is 0.779. The standard InChI is InChI=1S/C11H14FNOS/c12-9-3-1-2-8-7(10(13)6-14)4-5-15-11(8)9/h1-3,7,10,14H,4-6,13H2. The lowest BCUT2D eigenvalue weighted by Crippen LogP contribution is -2.34. The fraction of sp³-hybridized carbons (Fsp3) is 0.455. The summed E-state index contributed by atoms with van der Waals surface area (Å²) in [7, 11) is 0. The second kappa shape index (κ2) is 4.51. The maximum absolute atomic E-state index is 13.5. The molecule has 1 aliphatic rings. The molecular formula is C11H14FNOS. The Labute approximate surface area is 92.7 Å². The zero-order chi connectivity index (χ0) is 10.8. The van der Waals surface area contributed by atoms with Crippen LogP contribution in [0.4, 0.5) is 4.39 Å². The number of rotatable bonds is 2. The summed E-state index contributed by atoms with van der Waals surface area (Å²) in [5, 5.41) is 9.06. The molecular weight excluding hydrogens is 213 g/mol. The van der Waals surface area contributed by atoms with Gasteiger partial charge in [-0.05, 0) is 23.8 Å². The average Bonchev–Trinajstić information content (AvgIpc) is 2.28. The zero-order valence-corrected chi connectivity index (χ0v) is 9.14. The van der Waals surface area contributed by atoms with Crippen molar-refractivity contribution < 1.29 is 9.50 Å². The predicted molar refractivity (Wildman–Crippen MR) is 59.5 cm³/mol. The number of aliphatic hydroxyl groups excluding tert-OH is 1. The maximum atomic E-state index is 13.5. The Bertz CT molecular complexity index is 358. The van der Waals surface area contributed by atoms with Crippen LogP contribution in [-0.2, 0) is 0 Å². The number of fused-ring (bicyclic) bond motifs is 1. The molecule has 0 aliphatic carbocycles. The topological polar surface area (TPSA) is 46.2 Å². The molecule has 0 saturated carbocycles. The molecule has 0 aromatic heterocycles. The van der Waals surface area contributed by atoms with E-state index in [1.165, 1.54) is 17.8 Å². The van der Waals surface area contributed by atoms with Crippen LogP contribution in [0, 0.1) is 5.82 Å². The van der Waals surface area contributed by atoms with Gasteiger partial charge in [0, 0.05) is 16.9 Å². The third kappa shape index (κ3) is 2.02. The second-order valence-electron chi connectivity index (χ2n) is 3.75. The maximum Gasteiger partial charge on any atom is 0.137 e. The molecule has 2 nitrogen and oxygen atoms in total. The van der Waals surface area contributed by atoms with Crippen molar-refractivity contribution >= 4 is 11.8 Å². The minimum atomic E-state index is -0.286. The van der Waals surface area contributed by atoms with Gasteiger partial charge in [-0.3, -0.25) is 0 Å². The van der Waals surface area contributed by atoms with Gasteiger partial charge in [0.05, 0.1) is 6.61 Å². The lowest BCUT2D eigenvalue weighted by Gasteiger charge is -2.28. The van der Waals surface area contributed by atoms with Crippen molar-refractivity contribution in [1.82, 2.24) is 0 Å². The molecule has 0 radical (unpaired) electrons. The Balaban J connectivity index is 2.38. The van der Waals surface area contributed by atoms with Gasteiger partial charge in [0.15, 0.2) is 0 Å². The molecule has 0 saturated heterocycles. The normalized spacial score (nSPS) is 22.2. The van der Waals surface area contributed by atoms with Gasteiger partial charge in [0.25, 0.3) is 0 Å². The van der Waals surface area contributed by atoms with Crippen molar-refractivity contribution in [3.05, 3.63) is 29.6 Å². The fourth-order valence-electron chi connectivity index (χ4n) is 1.99. The molecule has 1 aromatic carbocycles. The zero-order valence-electron chi connectivity index (χ0n) is 8.32. The Kier molecular flexibility index (Phi) is 3.29. The summed E-state index contributed by atoms with van der Waals surface area (Å²) >= 11 is 1.53. The van der Waals surface area contributed by atoms with Crippen molar-refractivity contribution in [3.63, 3.8) is 0 Å². The summed E-state index contributed by atoms with van der Waals surface area (Å²) in [6.07, 6.45) is 0.906. The number of hydrogen-bond donors (Lipinski definition) is 2. The van der Waals surface area contributed by atoms with Crippen LogP contribution in [-0.4, -0.2) is 23.5 Å². The van der Waals surface area contributed by atoms with Gasteiger partial charge in [-0.15, -0.1) is 11.8 Å². The largest absolute Gasteiger partial charge is 0.395 e. The molecule has 1 aromatic rings. The van der Waals surface area contributed by atoms with Gasteiger partial charge in [-0.1, -0.05) is 12.1 Å². The van der Waals surface area contributed by atoms with Gasteiger partial charge in [-0.2, -0.15) is 0 Å². The number of nitrogens with two attached hydrogens (primary N) is 1. The molecule has 0 fully saturated rings. The number of thioether (sulfide) groups is 1. The average molecular weight is 227 g/mol. The summed E-state index contributed by atoms with van der Waals surface area (Å²) in [6, 6.07) is 4.80. The van der Waals surface area contributed by atoms with Gasteiger partial charge in [-0.25, -0.2) is 4.39 Å². The first-order valence-electron chi connectivity index (χ1n) is 5.01. The molecule has 1 heterocycles. The summed E-state index contributed by atoms with van der Waals surface area (Å²) in [5.41, 5.74) is 6.78. The minimum Gasteiger partial charge on any atom is -0.395 e. The van der Waals surface area contributed by atoms with Crippen LogP contribution in [0.1, 0.15) is 17.9 Å². The van der Waals surface area contributed by atoms with Crippen molar-refractivity contribution in [3.8, 4) is 0 Å². The van der Waals surface area contributed by atoms with E-state index in [2.05, 4.69) is 0 Å². The van der Waals surface area contributed by atoms with E-state index in [9.17, 15) is 4.39 Å².